The fourth-order valence-corrected chi connectivity index (χ4v) is 3.11. The first-order valence-electron chi connectivity index (χ1n) is 8.24. The second kappa shape index (κ2) is 10.5. The van der Waals surface area contributed by atoms with E-state index in [0.717, 1.165) is 5.56 Å². The van der Waals surface area contributed by atoms with Gasteiger partial charge in [-0.05, 0) is 35.9 Å². The van der Waals surface area contributed by atoms with E-state index in [-0.39, 0.29) is 29.1 Å². The molecule has 6 nitrogen and oxygen atoms in total. The number of ether oxygens (including phenoxy) is 2. The number of alkyl halides is 2. The normalized spacial score (nSPS) is 10.5. The summed E-state index contributed by atoms with van der Waals surface area (Å²) in [5.74, 6) is 0.370. The molecule has 0 saturated carbocycles. The Bertz CT molecular complexity index is 833. The van der Waals surface area contributed by atoms with Gasteiger partial charge in [0, 0.05) is 24.1 Å². The van der Waals surface area contributed by atoms with Crippen molar-refractivity contribution in [3.05, 3.63) is 53.6 Å². The standard InChI is InChI=1S/C19H20F2N2O4S/c1-22-18(25)13-4-3-5-14(9-13)23-17(24)11-28-10-12-6-7-15(27-19(20)21)16(8-12)26-2/h3-9,19H,10-11H2,1-2H3,(H,22,25)(H,23,24). The molecule has 0 radical (unpaired) electrons. The Labute approximate surface area is 165 Å². The maximum absolute atomic E-state index is 12.3. The Morgan fingerprint density at radius 3 is 2.61 bits per heavy atom. The number of hydrogen-bond donors (Lipinski definition) is 2. The summed E-state index contributed by atoms with van der Waals surface area (Å²) >= 11 is 1.35. The number of methoxy groups -OCH3 is 1. The van der Waals surface area contributed by atoms with Crippen LogP contribution >= 0.6 is 11.8 Å². The SMILES string of the molecule is CNC(=O)c1cccc(NC(=O)CSCc2ccc(OC(F)F)c(OC)c2)c1. The van der Waals surface area contributed by atoms with Crippen molar-refractivity contribution in [1.29, 1.82) is 0 Å². The molecule has 0 saturated heterocycles. The molecule has 2 amide bonds. The number of thioether (sulfide) groups is 1. The third-order valence-corrected chi connectivity index (χ3v) is 4.59. The lowest BCUT2D eigenvalue weighted by molar-refractivity contribution is -0.113. The predicted octanol–water partition coefficient (Wildman–Crippen LogP) is 3.53. The summed E-state index contributed by atoms with van der Waals surface area (Å²) in [6.07, 6.45) is 0. The van der Waals surface area contributed by atoms with Gasteiger partial charge in [0.25, 0.3) is 5.91 Å². The van der Waals surface area contributed by atoms with E-state index >= 15 is 0 Å². The third kappa shape index (κ3) is 6.41. The molecule has 0 fully saturated rings. The minimum atomic E-state index is -2.93. The van der Waals surface area contributed by atoms with E-state index in [1.807, 2.05) is 0 Å². The van der Waals surface area contributed by atoms with Gasteiger partial charge in [0.15, 0.2) is 11.5 Å². The Morgan fingerprint density at radius 2 is 1.93 bits per heavy atom. The molecule has 150 valence electrons. The van der Waals surface area contributed by atoms with Crippen LogP contribution in [-0.4, -0.2) is 38.3 Å². The van der Waals surface area contributed by atoms with Crippen molar-refractivity contribution < 1.29 is 27.8 Å². The molecule has 9 heteroatoms. The lowest BCUT2D eigenvalue weighted by Crippen LogP contribution is -2.19. The van der Waals surface area contributed by atoms with Crippen molar-refractivity contribution in [2.75, 3.05) is 25.2 Å². The van der Waals surface area contributed by atoms with Gasteiger partial charge in [0.1, 0.15) is 0 Å². The van der Waals surface area contributed by atoms with Gasteiger partial charge >= 0.3 is 6.61 Å². The smallest absolute Gasteiger partial charge is 0.387 e. The maximum Gasteiger partial charge on any atom is 0.387 e. The van der Waals surface area contributed by atoms with Gasteiger partial charge in [0.05, 0.1) is 12.9 Å². The fraction of sp³-hybridized carbons (Fsp3) is 0.263. The molecule has 0 unspecified atom stereocenters. The quantitative estimate of drug-likeness (QED) is 0.662. The summed E-state index contributed by atoms with van der Waals surface area (Å²) in [4.78, 5) is 23.7. The number of halogens is 2. The van der Waals surface area contributed by atoms with Crippen molar-refractivity contribution in [3.63, 3.8) is 0 Å². The lowest BCUT2D eigenvalue weighted by atomic mass is 10.2. The first kappa shape index (κ1) is 21.5. The summed E-state index contributed by atoms with van der Waals surface area (Å²) < 4.78 is 34.1. The minimum absolute atomic E-state index is 0.0417. The molecule has 0 aliphatic carbocycles. The lowest BCUT2D eigenvalue weighted by Gasteiger charge is -2.11. The van der Waals surface area contributed by atoms with E-state index < -0.39 is 6.61 Å². The topological polar surface area (TPSA) is 76.7 Å². The molecule has 2 N–H and O–H groups in total. The summed E-state index contributed by atoms with van der Waals surface area (Å²) in [6.45, 7) is -2.93. The average molecular weight is 410 g/mol. The van der Waals surface area contributed by atoms with Crippen molar-refractivity contribution in [3.8, 4) is 11.5 Å². The fourth-order valence-electron chi connectivity index (χ4n) is 2.34. The zero-order valence-electron chi connectivity index (χ0n) is 15.3. The summed E-state index contributed by atoms with van der Waals surface area (Å²) in [6, 6.07) is 11.3. The van der Waals surface area contributed by atoms with Crippen LogP contribution in [0.25, 0.3) is 0 Å². The third-order valence-electron chi connectivity index (χ3n) is 3.58. The molecule has 0 aliphatic rings. The number of carbonyl (C=O) groups is 2. The van der Waals surface area contributed by atoms with Crippen molar-refractivity contribution in [1.82, 2.24) is 5.32 Å². The number of hydrogen-bond acceptors (Lipinski definition) is 5. The predicted molar refractivity (Wildman–Crippen MR) is 104 cm³/mol. The van der Waals surface area contributed by atoms with Gasteiger partial charge in [-0.25, -0.2) is 0 Å². The molecule has 28 heavy (non-hydrogen) atoms. The highest BCUT2D eigenvalue weighted by molar-refractivity contribution is 7.99. The zero-order chi connectivity index (χ0) is 20.5. The summed E-state index contributed by atoms with van der Waals surface area (Å²) in [5.41, 5.74) is 1.78. The van der Waals surface area contributed by atoms with Gasteiger partial charge in [-0.3, -0.25) is 9.59 Å². The van der Waals surface area contributed by atoms with E-state index in [1.165, 1.54) is 32.0 Å². The van der Waals surface area contributed by atoms with E-state index in [4.69, 9.17) is 4.74 Å². The first-order chi connectivity index (χ1) is 13.4. The highest BCUT2D eigenvalue weighted by atomic mass is 32.2. The Balaban J connectivity index is 1.88. The molecule has 0 aliphatic heterocycles. The molecule has 0 spiro atoms. The minimum Gasteiger partial charge on any atom is -0.493 e. The number of benzene rings is 2. The number of carbonyl (C=O) groups excluding carboxylic acids is 2. The number of rotatable bonds is 9. The summed E-state index contributed by atoms with van der Waals surface area (Å²) in [7, 11) is 2.90. The molecule has 2 aromatic carbocycles. The van der Waals surface area contributed by atoms with Crippen LogP contribution in [0, 0.1) is 0 Å². The van der Waals surface area contributed by atoms with E-state index in [1.54, 1.807) is 36.4 Å². The van der Waals surface area contributed by atoms with Crippen LogP contribution in [0.4, 0.5) is 14.5 Å². The van der Waals surface area contributed by atoms with E-state index in [2.05, 4.69) is 15.4 Å². The Morgan fingerprint density at radius 1 is 1.14 bits per heavy atom. The van der Waals surface area contributed by atoms with Crippen LogP contribution in [0.15, 0.2) is 42.5 Å². The van der Waals surface area contributed by atoms with Gasteiger partial charge in [-0.15, -0.1) is 11.8 Å². The van der Waals surface area contributed by atoms with Gasteiger partial charge in [-0.1, -0.05) is 12.1 Å². The van der Waals surface area contributed by atoms with E-state index in [0.29, 0.717) is 17.0 Å². The molecule has 0 aromatic heterocycles. The number of nitrogens with one attached hydrogen (secondary N) is 2. The highest BCUT2D eigenvalue weighted by Gasteiger charge is 2.12. The summed E-state index contributed by atoms with van der Waals surface area (Å²) in [5, 5.41) is 5.25. The van der Waals surface area contributed by atoms with Gasteiger partial charge in [-0.2, -0.15) is 8.78 Å². The van der Waals surface area contributed by atoms with Gasteiger partial charge < -0.3 is 20.1 Å². The van der Waals surface area contributed by atoms with E-state index in [9.17, 15) is 18.4 Å². The van der Waals surface area contributed by atoms with Crippen LogP contribution in [-0.2, 0) is 10.5 Å². The molecule has 0 atom stereocenters. The largest absolute Gasteiger partial charge is 0.493 e. The molecule has 0 bridgehead atoms. The molecule has 2 aromatic rings. The number of amides is 2. The Hall–Kier alpha value is -2.81. The molecule has 0 heterocycles. The van der Waals surface area contributed by atoms with Crippen LogP contribution in [0.3, 0.4) is 0 Å². The first-order valence-corrected chi connectivity index (χ1v) is 9.40. The number of anilines is 1. The van der Waals surface area contributed by atoms with Crippen LogP contribution in [0.5, 0.6) is 11.5 Å². The Kier molecular flexibility index (Phi) is 8.06. The van der Waals surface area contributed by atoms with Crippen molar-refractivity contribution in [2.45, 2.75) is 12.4 Å². The molecule has 2 rings (SSSR count). The monoisotopic (exact) mass is 410 g/mol. The average Bonchev–Trinajstić information content (AvgIpc) is 2.68. The van der Waals surface area contributed by atoms with Crippen LogP contribution < -0.4 is 20.1 Å². The molecular formula is C19H20F2N2O4S. The second-order valence-electron chi connectivity index (χ2n) is 5.56. The van der Waals surface area contributed by atoms with Crippen LogP contribution in [0.1, 0.15) is 15.9 Å². The van der Waals surface area contributed by atoms with Crippen molar-refractivity contribution >= 4 is 29.3 Å². The molecular weight excluding hydrogens is 390 g/mol. The van der Waals surface area contributed by atoms with Crippen LogP contribution in [0.2, 0.25) is 0 Å². The van der Waals surface area contributed by atoms with Gasteiger partial charge in [0.2, 0.25) is 5.91 Å². The van der Waals surface area contributed by atoms with Crippen molar-refractivity contribution in [2.24, 2.45) is 0 Å². The maximum atomic E-state index is 12.3. The second-order valence-corrected chi connectivity index (χ2v) is 6.55. The highest BCUT2D eigenvalue weighted by Crippen LogP contribution is 2.30. The zero-order valence-corrected chi connectivity index (χ0v) is 16.1.